The summed E-state index contributed by atoms with van der Waals surface area (Å²) < 4.78 is 5.85. The molecule has 0 saturated heterocycles. The van der Waals surface area contributed by atoms with Gasteiger partial charge < -0.3 is 4.74 Å². The second-order valence-electron chi connectivity index (χ2n) is 4.61. The van der Waals surface area contributed by atoms with Crippen LogP contribution in [0.5, 0.6) is 5.75 Å². The highest BCUT2D eigenvalue weighted by atomic mass is 32.1. The maximum Gasteiger partial charge on any atom is 0.120 e. The van der Waals surface area contributed by atoms with E-state index in [4.69, 9.17) is 11.2 Å². The van der Waals surface area contributed by atoms with Gasteiger partial charge in [0.05, 0.1) is 4.88 Å². The molecule has 3 rings (SSSR count). The van der Waals surface area contributed by atoms with Gasteiger partial charge in [0.2, 0.25) is 0 Å². The minimum Gasteiger partial charge on any atom is -0.489 e. The van der Waals surface area contributed by atoms with Crippen LogP contribution in [0.3, 0.4) is 0 Å². The molecule has 0 aliphatic carbocycles. The van der Waals surface area contributed by atoms with Gasteiger partial charge >= 0.3 is 0 Å². The number of rotatable bonds is 4. The van der Waals surface area contributed by atoms with E-state index in [2.05, 4.69) is 36.3 Å². The number of hydrogen-bond donors (Lipinski definition) is 0. The molecule has 0 saturated carbocycles. The van der Waals surface area contributed by atoms with E-state index in [1.807, 2.05) is 36.4 Å². The van der Waals surface area contributed by atoms with E-state index in [0.717, 1.165) is 26.6 Å². The predicted molar refractivity (Wildman–Crippen MR) is 88.5 cm³/mol. The molecule has 102 valence electrons. The van der Waals surface area contributed by atoms with E-state index >= 15 is 0 Å². The van der Waals surface area contributed by atoms with Gasteiger partial charge in [-0.3, -0.25) is 0 Å². The molecule has 0 spiro atoms. The predicted octanol–water partition coefficient (Wildman–Crippen LogP) is 4.98. The minimum atomic E-state index is 0.574. The molecule has 21 heavy (non-hydrogen) atoms. The molecule has 0 aliphatic rings. The normalized spacial score (nSPS) is 10.0. The first-order valence-corrected chi connectivity index (χ1v) is 7.50. The average Bonchev–Trinajstić information content (AvgIpc) is 3.03. The van der Waals surface area contributed by atoms with E-state index in [0.29, 0.717) is 6.61 Å². The smallest absolute Gasteiger partial charge is 0.120 e. The van der Waals surface area contributed by atoms with Crippen LogP contribution in [0.2, 0.25) is 0 Å². The van der Waals surface area contributed by atoms with Crippen LogP contribution in [0.25, 0.3) is 10.4 Å². The highest BCUT2D eigenvalue weighted by Gasteiger charge is 2.03. The SMILES string of the molecule is C#Cc1ccc(-c2cccc(OCc3ccccc3)c2)s1. The van der Waals surface area contributed by atoms with Crippen LogP contribution in [-0.4, -0.2) is 0 Å². The van der Waals surface area contributed by atoms with Gasteiger partial charge in [0.15, 0.2) is 0 Å². The maximum atomic E-state index is 5.85. The highest BCUT2D eigenvalue weighted by molar-refractivity contribution is 7.16. The molecule has 0 amide bonds. The lowest BCUT2D eigenvalue weighted by atomic mass is 10.2. The Morgan fingerprint density at radius 3 is 2.57 bits per heavy atom. The Kier molecular flexibility index (Phi) is 4.04. The van der Waals surface area contributed by atoms with Crippen LogP contribution in [0, 0.1) is 12.3 Å². The van der Waals surface area contributed by atoms with Gasteiger partial charge in [0.25, 0.3) is 0 Å². The number of terminal acetylenes is 1. The molecule has 0 fully saturated rings. The second-order valence-corrected chi connectivity index (χ2v) is 5.69. The van der Waals surface area contributed by atoms with E-state index in [9.17, 15) is 0 Å². The number of thiophene rings is 1. The number of hydrogen-bond acceptors (Lipinski definition) is 2. The molecule has 2 aromatic carbocycles. The van der Waals surface area contributed by atoms with Gasteiger partial charge in [0.1, 0.15) is 12.4 Å². The van der Waals surface area contributed by atoms with Crippen molar-refractivity contribution in [1.82, 2.24) is 0 Å². The highest BCUT2D eigenvalue weighted by Crippen LogP contribution is 2.30. The molecular weight excluding hydrogens is 276 g/mol. The van der Waals surface area contributed by atoms with Gasteiger partial charge in [0, 0.05) is 4.88 Å². The van der Waals surface area contributed by atoms with Gasteiger partial charge in [-0.1, -0.05) is 48.4 Å². The molecule has 1 nitrogen and oxygen atoms in total. The van der Waals surface area contributed by atoms with Crippen molar-refractivity contribution in [2.45, 2.75) is 6.61 Å². The molecule has 2 heteroatoms. The fourth-order valence-electron chi connectivity index (χ4n) is 2.05. The van der Waals surface area contributed by atoms with Crippen LogP contribution < -0.4 is 4.74 Å². The Balaban J connectivity index is 1.76. The lowest BCUT2D eigenvalue weighted by Crippen LogP contribution is -1.94. The maximum absolute atomic E-state index is 5.85. The van der Waals surface area contributed by atoms with Gasteiger partial charge in [-0.2, -0.15) is 0 Å². The molecule has 3 aromatic rings. The lowest BCUT2D eigenvalue weighted by molar-refractivity contribution is 0.306. The van der Waals surface area contributed by atoms with E-state index in [1.165, 1.54) is 0 Å². The average molecular weight is 290 g/mol. The minimum absolute atomic E-state index is 0.574. The quantitative estimate of drug-likeness (QED) is 0.616. The molecule has 0 radical (unpaired) electrons. The fraction of sp³-hybridized carbons (Fsp3) is 0.0526. The summed E-state index contributed by atoms with van der Waals surface area (Å²) in [6.45, 7) is 0.574. The summed E-state index contributed by atoms with van der Waals surface area (Å²) >= 11 is 1.62. The summed E-state index contributed by atoms with van der Waals surface area (Å²) in [5.41, 5.74) is 2.29. The topological polar surface area (TPSA) is 9.23 Å². The fourth-order valence-corrected chi connectivity index (χ4v) is 2.86. The molecule has 0 N–H and O–H groups in total. The summed E-state index contributed by atoms with van der Waals surface area (Å²) in [5.74, 6) is 3.53. The molecule has 0 aliphatic heterocycles. The third kappa shape index (κ3) is 3.34. The monoisotopic (exact) mass is 290 g/mol. The Bertz CT molecular complexity index is 766. The molecule has 0 bridgehead atoms. The molecule has 0 atom stereocenters. The third-order valence-electron chi connectivity index (χ3n) is 3.12. The van der Waals surface area contributed by atoms with Crippen LogP contribution in [-0.2, 0) is 6.61 Å². The van der Waals surface area contributed by atoms with Crippen molar-refractivity contribution in [3.63, 3.8) is 0 Å². The van der Waals surface area contributed by atoms with E-state index < -0.39 is 0 Å². The third-order valence-corrected chi connectivity index (χ3v) is 4.18. The van der Waals surface area contributed by atoms with Crippen molar-refractivity contribution in [3.05, 3.63) is 77.2 Å². The molecule has 1 aromatic heterocycles. The van der Waals surface area contributed by atoms with Crippen molar-refractivity contribution in [2.75, 3.05) is 0 Å². The van der Waals surface area contributed by atoms with Gasteiger partial charge in [-0.05, 0) is 35.4 Å². The van der Waals surface area contributed by atoms with Gasteiger partial charge in [-0.15, -0.1) is 17.8 Å². The summed E-state index contributed by atoms with van der Waals surface area (Å²) in [6, 6.07) is 22.3. The summed E-state index contributed by atoms with van der Waals surface area (Å²) in [6.07, 6.45) is 5.42. The molecule has 1 heterocycles. The molecule has 0 unspecified atom stereocenters. The number of benzene rings is 2. The Hall–Kier alpha value is -2.50. The number of ether oxygens (including phenoxy) is 1. The van der Waals surface area contributed by atoms with E-state index in [-0.39, 0.29) is 0 Å². The zero-order valence-corrected chi connectivity index (χ0v) is 12.3. The molecular formula is C19H14OS. The first-order valence-electron chi connectivity index (χ1n) is 6.69. The summed E-state index contributed by atoms with van der Waals surface area (Å²) in [4.78, 5) is 2.11. The van der Waals surface area contributed by atoms with Crippen molar-refractivity contribution in [2.24, 2.45) is 0 Å². The van der Waals surface area contributed by atoms with Crippen LogP contribution in [0.1, 0.15) is 10.4 Å². The summed E-state index contributed by atoms with van der Waals surface area (Å²) in [7, 11) is 0. The standard InChI is InChI=1S/C19H14OS/c1-2-18-11-12-19(21-18)16-9-6-10-17(13-16)20-14-15-7-4-3-5-8-15/h1,3-13H,14H2. The van der Waals surface area contributed by atoms with E-state index in [1.54, 1.807) is 11.3 Å². The van der Waals surface area contributed by atoms with Crippen molar-refractivity contribution >= 4 is 11.3 Å². The zero-order chi connectivity index (χ0) is 14.5. The van der Waals surface area contributed by atoms with Crippen LogP contribution in [0.4, 0.5) is 0 Å². The van der Waals surface area contributed by atoms with Crippen molar-refractivity contribution in [3.8, 4) is 28.5 Å². The van der Waals surface area contributed by atoms with Crippen LogP contribution >= 0.6 is 11.3 Å². The van der Waals surface area contributed by atoms with Crippen molar-refractivity contribution in [1.29, 1.82) is 0 Å². The Morgan fingerprint density at radius 2 is 1.81 bits per heavy atom. The summed E-state index contributed by atoms with van der Waals surface area (Å²) in [5, 5.41) is 0. The second kappa shape index (κ2) is 6.30. The first-order chi connectivity index (χ1) is 10.3. The lowest BCUT2D eigenvalue weighted by Gasteiger charge is -2.07. The largest absolute Gasteiger partial charge is 0.489 e. The first kappa shape index (κ1) is 13.5. The van der Waals surface area contributed by atoms with Crippen molar-refractivity contribution < 1.29 is 4.74 Å². The van der Waals surface area contributed by atoms with Crippen LogP contribution in [0.15, 0.2) is 66.7 Å². The Labute approximate surface area is 128 Å². The Morgan fingerprint density at radius 1 is 0.952 bits per heavy atom. The van der Waals surface area contributed by atoms with Gasteiger partial charge in [-0.25, -0.2) is 0 Å². The zero-order valence-electron chi connectivity index (χ0n) is 11.5.